The fraction of sp³-hybridized carbons (Fsp3) is 0.692. The molecular formula is C13H22N4O. The number of aromatic nitrogens is 2. The van der Waals surface area contributed by atoms with E-state index in [1.807, 2.05) is 13.1 Å². The van der Waals surface area contributed by atoms with Gasteiger partial charge in [-0.2, -0.15) is 5.10 Å². The van der Waals surface area contributed by atoms with E-state index >= 15 is 0 Å². The van der Waals surface area contributed by atoms with Crippen LogP contribution in [0.3, 0.4) is 0 Å². The number of H-pyrrole nitrogens is 1. The lowest BCUT2D eigenvalue weighted by atomic mass is 9.75. The van der Waals surface area contributed by atoms with Crippen LogP contribution < -0.4 is 10.6 Å². The van der Waals surface area contributed by atoms with Gasteiger partial charge in [0.1, 0.15) is 0 Å². The van der Waals surface area contributed by atoms with Gasteiger partial charge in [0.25, 0.3) is 0 Å². The van der Waals surface area contributed by atoms with E-state index in [4.69, 9.17) is 0 Å². The predicted molar refractivity (Wildman–Crippen MR) is 69.9 cm³/mol. The summed E-state index contributed by atoms with van der Waals surface area (Å²) in [7, 11) is 0. The molecule has 1 aromatic heterocycles. The third-order valence-electron chi connectivity index (χ3n) is 4.11. The van der Waals surface area contributed by atoms with Crippen LogP contribution in [0.25, 0.3) is 0 Å². The van der Waals surface area contributed by atoms with Gasteiger partial charge in [0.05, 0.1) is 17.7 Å². The molecular weight excluding hydrogens is 228 g/mol. The number of hydrogen-bond donors (Lipinski definition) is 3. The van der Waals surface area contributed by atoms with Crippen LogP contribution >= 0.6 is 0 Å². The number of nitrogens with zero attached hydrogens (tertiary/aromatic N) is 1. The van der Waals surface area contributed by atoms with E-state index in [-0.39, 0.29) is 17.4 Å². The first-order valence-electron chi connectivity index (χ1n) is 6.56. The molecule has 2 unspecified atom stereocenters. The van der Waals surface area contributed by atoms with Crippen molar-refractivity contribution in [2.75, 3.05) is 13.1 Å². The quantitative estimate of drug-likeness (QED) is 0.752. The van der Waals surface area contributed by atoms with Crippen molar-refractivity contribution in [3.63, 3.8) is 0 Å². The smallest absolute Gasteiger partial charge is 0.228 e. The van der Waals surface area contributed by atoms with Gasteiger partial charge in [-0.25, -0.2) is 0 Å². The van der Waals surface area contributed by atoms with Gasteiger partial charge in [0.2, 0.25) is 5.91 Å². The van der Waals surface area contributed by atoms with Gasteiger partial charge in [-0.05, 0) is 25.8 Å². The minimum absolute atomic E-state index is 0.00697. The molecule has 5 heteroatoms. The van der Waals surface area contributed by atoms with E-state index in [2.05, 4.69) is 34.7 Å². The van der Waals surface area contributed by atoms with Gasteiger partial charge in [0, 0.05) is 18.3 Å². The highest BCUT2D eigenvalue weighted by Crippen LogP contribution is 2.35. The highest BCUT2D eigenvalue weighted by atomic mass is 16.2. The Kier molecular flexibility index (Phi) is 3.71. The molecule has 1 aromatic rings. The van der Waals surface area contributed by atoms with Crippen LogP contribution in [0, 0.1) is 11.3 Å². The summed E-state index contributed by atoms with van der Waals surface area (Å²) in [5.41, 5.74) is 0.742. The molecule has 5 nitrogen and oxygen atoms in total. The number of carbonyl (C=O) groups excluding carboxylic acids is 1. The van der Waals surface area contributed by atoms with Gasteiger partial charge >= 0.3 is 0 Å². The van der Waals surface area contributed by atoms with E-state index < -0.39 is 0 Å². The molecule has 1 fully saturated rings. The Morgan fingerprint density at radius 3 is 2.78 bits per heavy atom. The lowest BCUT2D eigenvalue weighted by Crippen LogP contribution is -2.46. The van der Waals surface area contributed by atoms with Crippen LogP contribution in [-0.2, 0) is 4.79 Å². The number of carbonyl (C=O) groups is 1. The minimum atomic E-state index is -0.266. The number of rotatable bonds is 4. The van der Waals surface area contributed by atoms with Crippen molar-refractivity contribution in [3.05, 3.63) is 18.0 Å². The Morgan fingerprint density at radius 1 is 1.50 bits per heavy atom. The summed E-state index contributed by atoms with van der Waals surface area (Å²) in [4.78, 5) is 12.5. The van der Waals surface area contributed by atoms with Crippen molar-refractivity contribution in [2.24, 2.45) is 11.3 Å². The molecule has 1 amide bonds. The molecule has 0 aromatic carbocycles. The van der Waals surface area contributed by atoms with E-state index in [1.165, 1.54) is 0 Å². The van der Waals surface area contributed by atoms with Crippen LogP contribution in [0.15, 0.2) is 12.4 Å². The van der Waals surface area contributed by atoms with E-state index in [0.717, 1.165) is 25.1 Å². The van der Waals surface area contributed by atoms with E-state index in [1.54, 1.807) is 6.20 Å². The molecule has 18 heavy (non-hydrogen) atoms. The molecule has 100 valence electrons. The second-order valence-corrected chi connectivity index (χ2v) is 5.46. The van der Waals surface area contributed by atoms with Gasteiger partial charge in [0.15, 0.2) is 0 Å². The molecule has 2 heterocycles. The Hall–Kier alpha value is -1.36. The van der Waals surface area contributed by atoms with E-state index in [0.29, 0.717) is 5.92 Å². The van der Waals surface area contributed by atoms with Crippen LogP contribution in [0.5, 0.6) is 0 Å². The molecule has 1 aliphatic heterocycles. The average Bonchev–Trinajstić information content (AvgIpc) is 3.01. The highest BCUT2D eigenvalue weighted by Gasteiger charge is 2.44. The molecule has 0 radical (unpaired) electrons. The van der Waals surface area contributed by atoms with Crippen LogP contribution in [0.2, 0.25) is 0 Å². The van der Waals surface area contributed by atoms with Crippen molar-refractivity contribution in [3.8, 4) is 0 Å². The van der Waals surface area contributed by atoms with Crippen LogP contribution in [0.4, 0.5) is 0 Å². The second kappa shape index (κ2) is 5.10. The van der Waals surface area contributed by atoms with E-state index in [9.17, 15) is 4.79 Å². The number of hydrogen-bond acceptors (Lipinski definition) is 3. The zero-order valence-electron chi connectivity index (χ0n) is 11.3. The Balaban J connectivity index is 2.06. The van der Waals surface area contributed by atoms with Crippen molar-refractivity contribution >= 4 is 5.91 Å². The number of nitrogens with one attached hydrogen (secondary N) is 3. The Labute approximate surface area is 108 Å². The third-order valence-corrected chi connectivity index (χ3v) is 4.11. The molecule has 3 N–H and O–H groups in total. The van der Waals surface area contributed by atoms with Gasteiger partial charge < -0.3 is 10.6 Å². The SMILES string of the molecule is CC(NC(=O)C1(C(C)C)CCNC1)c1cn[nH]c1. The topological polar surface area (TPSA) is 69.8 Å². The molecule has 2 atom stereocenters. The summed E-state index contributed by atoms with van der Waals surface area (Å²) < 4.78 is 0. The van der Waals surface area contributed by atoms with Gasteiger partial charge in [-0.3, -0.25) is 9.89 Å². The third kappa shape index (κ3) is 2.27. The summed E-state index contributed by atoms with van der Waals surface area (Å²) in [5, 5.41) is 13.1. The maximum absolute atomic E-state index is 12.5. The molecule has 2 rings (SSSR count). The second-order valence-electron chi connectivity index (χ2n) is 5.46. The Morgan fingerprint density at radius 2 is 2.28 bits per heavy atom. The van der Waals surface area contributed by atoms with Crippen molar-refractivity contribution < 1.29 is 4.79 Å². The Bertz CT molecular complexity index is 393. The molecule has 0 spiro atoms. The summed E-state index contributed by atoms with van der Waals surface area (Å²) >= 11 is 0. The maximum atomic E-state index is 12.5. The molecule has 1 aliphatic rings. The average molecular weight is 250 g/mol. The largest absolute Gasteiger partial charge is 0.349 e. The zero-order valence-corrected chi connectivity index (χ0v) is 11.3. The normalized spacial score (nSPS) is 25.3. The van der Waals surface area contributed by atoms with Crippen molar-refractivity contribution in [1.82, 2.24) is 20.8 Å². The van der Waals surface area contributed by atoms with Gasteiger partial charge in [-0.15, -0.1) is 0 Å². The molecule has 0 aliphatic carbocycles. The summed E-state index contributed by atoms with van der Waals surface area (Å²) in [6.07, 6.45) is 4.48. The fourth-order valence-electron chi connectivity index (χ4n) is 2.58. The summed E-state index contributed by atoms with van der Waals surface area (Å²) in [6, 6.07) is -0.00697. The first kappa shape index (κ1) is 13.1. The first-order chi connectivity index (χ1) is 8.56. The maximum Gasteiger partial charge on any atom is 0.228 e. The summed E-state index contributed by atoms with van der Waals surface area (Å²) in [6.45, 7) is 7.92. The highest BCUT2D eigenvalue weighted by molar-refractivity contribution is 5.84. The fourth-order valence-corrected chi connectivity index (χ4v) is 2.58. The number of aromatic amines is 1. The monoisotopic (exact) mass is 250 g/mol. The summed E-state index contributed by atoms with van der Waals surface area (Å²) in [5.74, 6) is 0.486. The first-order valence-corrected chi connectivity index (χ1v) is 6.56. The van der Waals surface area contributed by atoms with Crippen LogP contribution in [0.1, 0.15) is 38.8 Å². The lowest BCUT2D eigenvalue weighted by Gasteiger charge is -2.32. The predicted octanol–water partition coefficient (Wildman–Crippen LogP) is 1.22. The number of amides is 1. The standard InChI is InChI=1S/C13H22N4O/c1-9(2)13(4-5-14-8-13)12(18)17-10(3)11-6-15-16-7-11/h6-7,9-10,14H,4-5,8H2,1-3H3,(H,15,16)(H,17,18). The van der Waals surface area contributed by atoms with Crippen molar-refractivity contribution in [2.45, 2.75) is 33.2 Å². The molecule has 1 saturated heterocycles. The van der Waals surface area contributed by atoms with Crippen LogP contribution in [-0.4, -0.2) is 29.2 Å². The minimum Gasteiger partial charge on any atom is -0.349 e. The zero-order chi connectivity index (χ0) is 13.2. The molecule has 0 bridgehead atoms. The van der Waals surface area contributed by atoms with Crippen molar-refractivity contribution in [1.29, 1.82) is 0 Å². The molecule has 0 saturated carbocycles. The van der Waals surface area contributed by atoms with Gasteiger partial charge in [-0.1, -0.05) is 13.8 Å². The lowest BCUT2D eigenvalue weighted by molar-refractivity contribution is -0.133.